The maximum Gasteiger partial charge on any atom is 0.451 e. The molecule has 0 aromatic heterocycles. The van der Waals surface area contributed by atoms with E-state index in [9.17, 15) is 9.90 Å². The van der Waals surface area contributed by atoms with E-state index in [2.05, 4.69) is 16.3 Å². The Morgan fingerprint density at radius 1 is 1.30 bits per heavy atom. The van der Waals surface area contributed by atoms with Crippen LogP contribution in [0.2, 0.25) is 11.3 Å². The number of nitrogens with zero attached hydrogens (tertiary/aromatic N) is 1. The van der Waals surface area contributed by atoms with Gasteiger partial charge in [0, 0.05) is 43.2 Å². The number of carbonyl (C=O) groups is 1. The summed E-state index contributed by atoms with van der Waals surface area (Å²) in [6.45, 7) is 2.39. The molecule has 1 unspecified atom stereocenters. The molecular weight excluding hydrogens is 475 g/mol. The highest BCUT2D eigenvalue weighted by molar-refractivity contribution is 6.40. The number of hydrogen-bond donors (Lipinski definition) is 5. The maximum atomic E-state index is 11.8. The number of nitrogens with one attached hydrogen (secondary N) is 1. The van der Waals surface area contributed by atoms with Crippen molar-refractivity contribution in [1.29, 1.82) is 0 Å². The normalized spacial score (nSPS) is 25.3. The highest BCUT2D eigenvalue weighted by Crippen LogP contribution is 2.31. The molecule has 1 aromatic carbocycles. The molecule has 0 spiro atoms. The zero-order chi connectivity index (χ0) is 19.6. The van der Waals surface area contributed by atoms with Crippen LogP contribution >= 0.6 is 48.8 Å². The molecule has 12 heteroatoms. The third-order valence-corrected chi connectivity index (χ3v) is 6.03. The minimum atomic E-state index is -1.36. The van der Waals surface area contributed by atoms with Crippen molar-refractivity contribution in [3.05, 3.63) is 34.3 Å². The number of hydrogen-bond acceptors (Lipinski definition) is 6. The molecular formula is C18H30BCl4N3O4. The van der Waals surface area contributed by atoms with E-state index in [-0.39, 0.29) is 55.5 Å². The third-order valence-electron chi connectivity index (χ3n) is 5.80. The van der Waals surface area contributed by atoms with Gasteiger partial charge in [0.2, 0.25) is 0 Å². The van der Waals surface area contributed by atoms with E-state index in [0.29, 0.717) is 25.9 Å². The molecule has 1 aromatic rings. The Balaban J connectivity index is 0.00000280. The Bertz CT molecular complexity index is 703. The van der Waals surface area contributed by atoms with Gasteiger partial charge < -0.3 is 26.2 Å². The smallest absolute Gasteiger partial charge is 0.451 e. The van der Waals surface area contributed by atoms with Crippen molar-refractivity contribution >= 4 is 61.9 Å². The van der Waals surface area contributed by atoms with Gasteiger partial charge in [0.05, 0.1) is 0 Å². The molecule has 0 saturated carbocycles. The zero-order valence-electron chi connectivity index (χ0n) is 16.5. The van der Waals surface area contributed by atoms with Crippen molar-refractivity contribution in [2.45, 2.75) is 43.7 Å². The van der Waals surface area contributed by atoms with Crippen molar-refractivity contribution in [2.24, 2.45) is 11.7 Å². The zero-order valence-corrected chi connectivity index (χ0v) is 19.7. The molecule has 0 amide bonds. The van der Waals surface area contributed by atoms with Crippen molar-refractivity contribution in [1.82, 2.24) is 10.2 Å². The van der Waals surface area contributed by atoms with Crippen molar-refractivity contribution in [2.75, 3.05) is 19.6 Å². The number of nitrogens with two attached hydrogens (primary N) is 1. The van der Waals surface area contributed by atoms with Gasteiger partial charge in [-0.3, -0.25) is 9.69 Å². The van der Waals surface area contributed by atoms with Crippen molar-refractivity contribution < 1.29 is 19.9 Å². The molecule has 0 aliphatic carbocycles. The van der Waals surface area contributed by atoms with Crippen LogP contribution in [0, 0.1) is 5.92 Å². The number of carboxylic acids is 1. The Labute approximate surface area is 201 Å². The van der Waals surface area contributed by atoms with Crippen LogP contribution in [-0.2, 0) is 17.8 Å². The predicted molar refractivity (Wildman–Crippen MR) is 126 cm³/mol. The van der Waals surface area contributed by atoms with Crippen LogP contribution in [0.5, 0.6) is 0 Å². The lowest BCUT2D eigenvalue weighted by molar-refractivity contribution is -0.144. The van der Waals surface area contributed by atoms with Crippen LogP contribution in [-0.4, -0.2) is 64.4 Å². The number of halogens is 4. The predicted octanol–water partition coefficient (Wildman–Crippen LogP) is 1.59. The van der Waals surface area contributed by atoms with Crippen LogP contribution in [0.15, 0.2) is 18.2 Å². The maximum absolute atomic E-state index is 11.8. The average molecular weight is 505 g/mol. The van der Waals surface area contributed by atoms with E-state index in [1.165, 1.54) is 11.1 Å². The molecule has 0 bridgehead atoms. The summed E-state index contributed by atoms with van der Waals surface area (Å²) in [5.74, 6) is -1.19. The van der Waals surface area contributed by atoms with Gasteiger partial charge in [0.15, 0.2) is 0 Å². The van der Waals surface area contributed by atoms with Crippen LogP contribution in [0.1, 0.15) is 24.0 Å². The average Bonchev–Trinajstić information content (AvgIpc) is 2.91. The minimum Gasteiger partial charge on any atom is -0.480 e. The number of aliphatic carboxylic acids is 1. The molecule has 0 radical (unpaired) electrons. The molecule has 30 heavy (non-hydrogen) atoms. The first-order valence-electron chi connectivity index (χ1n) is 9.39. The lowest BCUT2D eigenvalue weighted by Gasteiger charge is -2.30. The van der Waals surface area contributed by atoms with E-state index >= 15 is 0 Å². The van der Waals surface area contributed by atoms with Gasteiger partial charge in [-0.05, 0) is 42.4 Å². The van der Waals surface area contributed by atoms with Crippen molar-refractivity contribution in [3.8, 4) is 0 Å². The quantitative estimate of drug-likeness (QED) is 0.358. The van der Waals surface area contributed by atoms with E-state index in [1.807, 2.05) is 12.1 Å². The molecule has 6 N–H and O–H groups in total. The van der Waals surface area contributed by atoms with Crippen LogP contribution < -0.4 is 11.1 Å². The fourth-order valence-corrected chi connectivity index (χ4v) is 4.50. The Hall–Kier alpha value is -0.285. The van der Waals surface area contributed by atoms with Gasteiger partial charge in [-0.1, -0.05) is 24.1 Å². The molecule has 3 rings (SSSR count). The minimum absolute atomic E-state index is 0. The number of likely N-dealkylation sites (tertiary alicyclic amines) is 1. The van der Waals surface area contributed by atoms with E-state index in [1.54, 1.807) is 0 Å². The van der Waals surface area contributed by atoms with Crippen LogP contribution in [0.4, 0.5) is 0 Å². The summed E-state index contributed by atoms with van der Waals surface area (Å²) in [6.07, 6.45) is 2.21. The van der Waals surface area contributed by atoms with Gasteiger partial charge in [-0.2, -0.15) is 0 Å². The summed E-state index contributed by atoms with van der Waals surface area (Å²) >= 11 is 6.05. The van der Waals surface area contributed by atoms with Gasteiger partial charge in [0.25, 0.3) is 0 Å². The van der Waals surface area contributed by atoms with E-state index in [4.69, 9.17) is 27.4 Å². The molecule has 2 heterocycles. The second kappa shape index (κ2) is 12.7. The molecule has 3 atom stereocenters. The number of rotatable bonds is 7. The lowest BCUT2D eigenvalue weighted by atomic mass is 9.78. The molecule has 7 nitrogen and oxygen atoms in total. The first-order valence-corrected chi connectivity index (χ1v) is 9.77. The monoisotopic (exact) mass is 503 g/mol. The molecule has 2 aliphatic heterocycles. The van der Waals surface area contributed by atoms with Gasteiger partial charge in [0.1, 0.15) is 5.54 Å². The second-order valence-electron chi connectivity index (χ2n) is 7.84. The van der Waals surface area contributed by atoms with Gasteiger partial charge in [-0.15, -0.1) is 37.2 Å². The molecule has 1 fully saturated rings. The summed E-state index contributed by atoms with van der Waals surface area (Å²) in [6, 6.07) is 6.18. The lowest BCUT2D eigenvalue weighted by Crippen LogP contribution is -2.55. The number of benzene rings is 1. The molecule has 1 saturated heterocycles. The first-order chi connectivity index (χ1) is 12.8. The van der Waals surface area contributed by atoms with Crippen LogP contribution in [0.25, 0.3) is 0 Å². The second-order valence-corrected chi connectivity index (χ2v) is 8.28. The summed E-state index contributed by atoms with van der Waals surface area (Å²) in [5, 5.41) is 31.9. The summed E-state index contributed by atoms with van der Waals surface area (Å²) in [4.78, 5) is 13.9. The highest BCUT2D eigenvalue weighted by atomic mass is 35.5. The first kappa shape index (κ1) is 29.7. The summed E-state index contributed by atoms with van der Waals surface area (Å²) in [7, 11) is -1.36. The topological polar surface area (TPSA) is 119 Å². The summed E-state index contributed by atoms with van der Waals surface area (Å²) < 4.78 is 0. The van der Waals surface area contributed by atoms with Crippen molar-refractivity contribution in [3.63, 3.8) is 0 Å². The van der Waals surface area contributed by atoms with E-state index < -0.39 is 18.6 Å². The fraction of sp³-hybridized carbons (Fsp3) is 0.611. The van der Waals surface area contributed by atoms with Crippen LogP contribution in [0.3, 0.4) is 0 Å². The Kier molecular flexibility index (Phi) is 12.6. The van der Waals surface area contributed by atoms with E-state index in [0.717, 1.165) is 24.5 Å². The Morgan fingerprint density at radius 2 is 2.00 bits per heavy atom. The number of carboxylic acid groups (broad SMARTS) is 1. The molecule has 172 valence electrons. The van der Waals surface area contributed by atoms with Gasteiger partial charge in [-0.25, -0.2) is 0 Å². The highest BCUT2D eigenvalue weighted by Gasteiger charge is 2.49. The third kappa shape index (κ3) is 7.12. The standard InChI is InChI=1S/C18H27BClN3O4.3ClH/c20-15-4-3-12-7-16(22-8-13(12)6-15)10-23-9-14(2-1-5-19(26)27)18(21,11-23)17(24)25;;;/h3-4,6,14,16,22,26-27H,1-2,5,7-11,21H2,(H,24,25);3*1H/t14-,16?,18+;;;/m0.../s1. The SMILES string of the molecule is Cl.Cl.Cl.N[C@]1(C(=O)O)CN(CC2Cc3ccc(Cl)cc3CN2)C[C@@H]1CCCB(O)O. The fourth-order valence-electron chi connectivity index (χ4n) is 4.31. The number of fused-ring (bicyclic) bond motifs is 1. The molecule has 2 aliphatic rings. The largest absolute Gasteiger partial charge is 0.480 e. The van der Waals surface area contributed by atoms with Gasteiger partial charge >= 0.3 is 13.1 Å². The Morgan fingerprint density at radius 3 is 2.63 bits per heavy atom. The summed E-state index contributed by atoms with van der Waals surface area (Å²) in [5.41, 5.74) is 7.44.